The first kappa shape index (κ1) is 22.6. The number of carbonyl (C=O) groups is 1. The van der Waals surface area contributed by atoms with E-state index in [1.54, 1.807) is 24.3 Å². The van der Waals surface area contributed by atoms with Crippen molar-refractivity contribution < 1.29 is 17.9 Å². The second-order valence-electron chi connectivity index (χ2n) is 6.90. The summed E-state index contributed by atoms with van der Waals surface area (Å²) in [5, 5.41) is 10.3. The molecule has 0 bridgehead atoms. The number of hydrogen-bond acceptors (Lipinski definition) is 8. The highest BCUT2D eigenvalue weighted by Gasteiger charge is 2.21. The summed E-state index contributed by atoms with van der Waals surface area (Å²) in [6.07, 6.45) is 0. The van der Waals surface area contributed by atoms with Crippen LogP contribution in [0.3, 0.4) is 0 Å². The van der Waals surface area contributed by atoms with Gasteiger partial charge in [0.1, 0.15) is 0 Å². The van der Waals surface area contributed by atoms with Crippen LogP contribution in [-0.4, -0.2) is 50.8 Å². The largest absolute Gasteiger partial charge is 0.378 e. The van der Waals surface area contributed by atoms with Crippen LogP contribution < -0.4 is 14.9 Å². The maximum Gasteiger partial charge on any atom is 0.270 e. The topological polar surface area (TPSA) is 114 Å². The van der Waals surface area contributed by atoms with Crippen LogP contribution in [0.2, 0.25) is 5.02 Å². The molecule has 1 saturated heterocycles. The summed E-state index contributed by atoms with van der Waals surface area (Å²) in [4.78, 5) is 14.5. The molecule has 1 amide bonds. The minimum absolute atomic E-state index is 0.0603. The number of amides is 1. The van der Waals surface area contributed by atoms with Crippen molar-refractivity contribution in [3.63, 3.8) is 0 Å². The van der Waals surface area contributed by atoms with E-state index in [0.29, 0.717) is 13.2 Å². The Bertz CT molecular complexity index is 1190. The first-order valence-corrected chi connectivity index (χ1v) is 12.4. The van der Waals surface area contributed by atoms with Crippen molar-refractivity contribution in [3.8, 4) is 0 Å². The van der Waals surface area contributed by atoms with Gasteiger partial charge in [-0.25, -0.2) is 13.1 Å². The predicted molar refractivity (Wildman–Crippen MR) is 123 cm³/mol. The van der Waals surface area contributed by atoms with Crippen LogP contribution in [0.15, 0.2) is 52.9 Å². The Hall–Kier alpha value is -2.57. The van der Waals surface area contributed by atoms with Gasteiger partial charge in [0.05, 0.1) is 23.8 Å². The number of ether oxygens (including phenoxy) is 1. The van der Waals surface area contributed by atoms with Crippen LogP contribution in [0.4, 0.5) is 10.8 Å². The molecule has 0 saturated carbocycles. The van der Waals surface area contributed by atoms with Gasteiger partial charge in [0.15, 0.2) is 0 Å². The summed E-state index contributed by atoms with van der Waals surface area (Å²) in [6, 6.07) is 14.2. The lowest BCUT2D eigenvalue weighted by Crippen LogP contribution is -2.36. The summed E-state index contributed by atoms with van der Waals surface area (Å²) in [5.41, 5.74) is 2.14. The van der Waals surface area contributed by atoms with Crippen LogP contribution in [0, 0.1) is 0 Å². The Morgan fingerprint density at radius 3 is 2.53 bits per heavy atom. The van der Waals surface area contributed by atoms with Crippen molar-refractivity contribution in [2.45, 2.75) is 10.9 Å². The zero-order valence-electron chi connectivity index (χ0n) is 16.8. The Labute approximate surface area is 194 Å². The van der Waals surface area contributed by atoms with Crippen LogP contribution >= 0.6 is 22.9 Å². The van der Waals surface area contributed by atoms with Gasteiger partial charge >= 0.3 is 0 Å². The number of sulfonamides is 1. The number of nitrogens with one attached hydrogen (secondary N) is 2. The highest BCUT2D eigenvalue weighted by Crippen LogP contribution is 2.23. The van der Waals surface area contributed by atoms with Gasteiger partial charge in [-0.05, 0) is 29.8 Å². The molecule has 0 radical (unpaired) electrons. The molecule has 0 atom stereocenters. The SMILES string of the molecule is O=C(Nc1nnc(S(=O)(=O)NCc2ccc(N3CCOCC3)cc2)s1)c1ccccc1Cl. The smallest absolute Gasteiger partial charge is 0.270 e. The average molecular weight is 494 g/mol. The molecule has 1 aliphatic heterocycles. The molecule has 1 aromatic heterocycles. The van der Waals surface area contributed by atoms with Crippen LogP contribution in [0.25, 0.3) is 0 Å². The van der Waals surface area contributed by atoms with E-state index in [-0.39, 0.29) is 26.6 Å². The molecule has 0 aliphatic carbocycles. The van der Waals surface area contributed by atoms with E-state index in [2.05, 4.69) is 25.1 Å². The van der Waals surface area contributed by atoms with Gasteiger partial charge in [-0.15, -0.1) is 10.2 Å². The van der Waals surface area contributed by atoms with Crippen LogP contribution in [0.5, 0.6) is 0 Å². The van der Waals surface area contributed by atoms with Gasteiger partial charge in [0.25, 0.3) is 15.9 Å². The summed E-state index contributed by atoms with van der Waals surface area (Å²) < 4.78 is 32.8. The molecule has 9 nitrogen and oxygen atoms in total. The molecule has 1 aliphatic rings. The second kappa shape index (κ2) is 9.92. The van der Waals surface area contributed by atoms with E-state index in [4.69, 9.17) is 16.3 Å². The molecule has 4 rings (SSSR count). The number of hydrogen-bond donors (Lipinski definition) is 2. The number of halogens is 1. The maximum absolute atomic E-state index is 12.6. The molecular weight excluding hydrogens is 474 g/mol. The summed E-state index contributed by atoms with van der Waals surface area (Å²) in [6.45, 7) is 3.16. The van der Waals surface area contributed by atoms with Gasteiger partial charge in [0, 0.05) is 25.3 Å². The minimum atomic E-state index is -3.89. The molecule has 2 N–H and O–H groups in total. The fourth-order valence-electron chi connectivity index (χ4n) is 3.06. The van der Waals surface area contributed by atoms with Crippen molar-refractivity contribution in [3.05, 3.63) is 64.7 Å². The van der Waals surface area contributed by atoms with Crippen molar-refractivity contribution in [1.82, 2.24) is 14.9 Å². The summed E-state index contributed by atoms with van der Waals surface area (Å²) >= 11 is 6.77. The van der Waals surface area contributed by atoms with Gasteiger partial charge < -0.3 is 9.64 Å². The quantitative estimate of drug-likeness (QED) is 0.486. The van der Waals surface area contributed by atoms with Gasteiger partial charge in [-0.3, -0.25) is 10.1 Å². The van der Waals surface area contributed by atoms with Crippen LogP contribution in [-0.2, 0) is 21.3 Å². The number of carbonyl (C=O) groups excluding carboxylic acids is 1. The molecule has 3 aromatic rings. The number of aromatic nitrogens is 2. The molecule has 2 aromatic carbocycles. The second-order valence-corrected chi connectivity index (χ2v) is 10.2. The van der Waals surface area contributed by atoms with E-state index >= 15 is 0 Å². The fourth-order valence-corrected chi connectivity index (χ4v) is 5.24. The monoisotopic (exact) mass is 493 g/mol. The molecule has 0 unspecified atom stereocenters. The van der Waals surface area contributed by atoms with Gasteiger partial charge in [-0.2, -0.15) is 0 Å². The molecule has 168 valence electrons. The number of anilines is 2. The first-order valence-electron chi connectivity index (χ1n) is 9.73. The molecule has 2 heterocycles. The molecular formula is C20H20ClN5O4S2. The van der Waals surface area contributed by atoms with Crippen molar-refractivity contribution in [2.24, 2.45) is 0 Å². The third kappa shape index (κ3) is 5.43. The molecule has 12 heteroatoms. The normalized spacial score (nSPS) is 14.3. The van der Waals surface area contributed by atoms with Gasteiger partial charge in [-0.1, -0.05) is 47.2 Å². The minimum Gasteiger partial charge on any atom is -0.378 e. The molecule has 32 heavy (non-hydrogen) atoms. The Morgan fingerprint density at radius 1 is 1.09 bits per heavy atom. The fraction of sp³-hybridized carbons (Fsp3) is 0.250. The predicted octanol–water partition coefficient (Wildman–Crippen LogP) is 2.76. The number of rotatable bonds is 7. The third-order valence-electron chi connectivity index (χ3n) is 4.75. The molecule has 1 fully saturated rings. The van der Waals surface area contributed by atoms with Crippen LogP contribution in [0.1, 0.15) is 15.9 Å². The maximum atomic E-state index is 12.6. The van der Waals surface area contributed by atoms with Gasteiger partial charge in [0.2, 0.25) is 9.47 Å². The zero-order chi connectivity index (χ0) is 22.6. The first-order chi connectivity index (χ1) is 15.4. The average Bonchev–Trinajstić information content (AvgIpc) is 3.28. The Morgan fingerprint density at radius 2 is 1.81 bits per heavy atom. The molecule has 0 spiro atoms. The lowest BCUT2D eigenvalue weighted by atomic mass is 10.2. The number of benzene rings is 2. The van der Waals surface area contributed by atoms with E-state index < -0.39 is 15.9 Å². The van der Waals surface area contributed by atoms with E-state index in [9.17, 15) is 13.2 Å². The van der Waals surface area contributed by atoms with Crippen molar-refractivity contribution >= 4 is 49.7 Å². The highest BCUT2D eigenvalue weighted by molar-refractivity contribution is 7.91. The number of nitrogens with zero attached hydrogens (tertiary/aromatic N) is 3. The van der Waals surface area contributed by atoms with E-state index in [0.717, 1.165) is 35.7 Å². The Balaban J connectivity index is 1.36. The highest BCUT2D eigenvalue weighted by atomic mass is 35.5. The zero-order valence-corrected chi connectivity index (χ0v) is 19.2. The van der Waals surface area contributed by atoms with Crippen molar-refractivity contribution in [1.29, 1.82) is 0 Å². The van der Waals surface area contributed by atoms with Crippen molar-refractivity contribution in [2.75, 3.05) is 36.5 Å². The van der Waals surface area contributed by atoms with E-state index in [1.165, 1.54) is 0 Å². The lowest BCUT2D eigenvalue weighted by Gasteiger charge is -2.28. The third-order valence-corrected chi connectivity index (χ3v) is 7.69. The summed E-state index contributed by atoms with van der Waals surface area (Å²) in [7, 11) is -3.89. The summed E-state index contributed by atoms with van der Waals surface area (Å²) in [5.74, 6) is -0.496. The lowest BCUT2D eigenvalue weighted by molar-refractivity contribution is 0.102. The van der Waals surface area contributed by atoms with E-state index in [1.807, 2.05) is 24.3 Å². The number of morpholine rings is 1. The standard InChI is InChI=1S/C20H20ClN5O4S2/c21-17-4-2-1-3-16(17)18(27)23-19-24-25-20(31-19)32(28,29)22-13-14-5-7-15(8-6-14)26-9-11-30-12-10-26/h1-8,22H,9-13H2,(H,23,24,27). The Kier molecular flexibility index (Phi) is 7.01.